The number of aryl methyl sites for hydroxylation is 1. The molecule has 0 bridgehead atoms. The van der Waals surface area contributed by atoms with Crippen LogP contribution in [0.2, 0.25) is 0 Å². The van der Waals surface area contributed by atoms with Gasteiger partial charge in [0.1, 0.15) is 12.1 Å². The van der Waals surface area contributed by atoms with Gasteiger partial charge in [0.05, 0.1) is 0 Å². The minimum absolute atomic E-state index is 0.00176. The third-order valence-corrected chi connectivity index (χ3v) is 4.30. The number of anilines is 2. The molecule has 1 aliphatic heterocycles. The van der Waals surface area contributed by atoms with Gasteiger partial charge in [-0.2, -0.15) is 9.61 Å². The molecule has 9 nitrogen and oxygen atoms in total. The summed E-state index contributed by atoms with van der Waals surface area (Å²) in [6.45, 7) is 1.59. The van der Waals surface area contributed by atoms with Gasteiger partial charge in [0, 0.05) is 38.3 Å². The van der Waals surface area contributed by atoms with Gasteiger partial charge in [-0.05, 0) is 25.0 Å². The number of fused-ring (bicyclic) bond motifs is 1. The Balaban J connectivity index is 1.38. The predicted octanol–water partition coefficient (Wildman–Crippen LogP) is 0.713. The summed E-state index contributed by atoms with van der Waals surface area (Å²) in [6.07, 6.45) is 4.98. The van der Waals surface area contributed by atoms with E-state index in [0.29, 0.717) is 5.82 Å². The van der Waals surface area contributed by atoms with Crippen LogP contribution in [0.1, 0.15) is 12.8 Å². The van der Waals surface area contributed by atoms with Crippen molar-refractivity contribution in [3.63, 3.8) is 0 Å². The van der Waals surface area contributed by atoms with Crippen molar-refractivity contribution in [1.29, 1.82) is 0 Å². The Labute approximate surface area is 138 Å². The lowest BCUT2D eigenvalue weighted by atomic mass is 9.96. The second-order valence-corrected chi connectivity index (χ2v) is 5.95. The summed E-state index contributed by atoms with van der Waals surface area (Å²) in [5.41, 5.74) is 0.725. The fourth-order valence-electron chi connectivity index (χ4n) is 2.97. The number of nitrogens with one attached hydrogen (secondary N) is 1. The quantitative estimate of drug-likeness (QED) is 0.762. The first kappa shape index (κ1) is 14.6. The number of aromatic nitrogens is 6. The molecule has 3 aromatic rings. The molecule has 9 heteroatoms. The number of carbonyl (C=O) groups excluding carboxylic acids is 1. The zero-order valence-electron chi connectivity index (χ0n) is 13.3. The SMILES string of the molecule is Cn1ccc(NC(=O)C2CCN(c3ccc4nncn4n3)CC2)n1. The van der Waals surface area contributed by atoms with Gasteiger partial charge in [0.25, 0.3) is 0 Å². The van der Waals surface area contributed by atoms with Gasteiger partial charge in [-0.25, -0.2) is 0 Å². The van der Waals surface area contributed by atoms with Crippen molar-refractivity contribution in [2.24, 2.45) is 13.0 Å². The van der Waals surface area contributed by atoms with E-state index in [1.54, 1.807) is 21.6 Å². The first-order valence-corrected chi connectivity index (χ1v) is 7.91. The molecule has 0 saturated carbocycles. The lowest BCUT2D eigenvalue weighted by Gasteiger charge is -2.31. The van der Waals surface area contributed by atoms with Gasteiger partial charge in [-0.1, -0.05) is 0 Å². The number of piperidine rings is 1. The van der Waals surface area contributed by atoms with Crippen LogP contribution in [0.4, 0.5) is 11.6 Å². The summed E-state index contributed by atoms with van der Waals surface area (Å²) in [4.78, 5) is 14.5. The van der Waals surface area contributed by atoms with Gasteiger partial charge in [0.2, 0.25) is 5.91 Å². The molecule has 0 aromatic carbocycles. The van der Waals surface area contributed by atoms with E-state index in [1.807, 2.05) is 25.4 Å². The van der Waals surface area contributed by atoms with Crippen molar-refractivity contribution in [2.45, 2.75) is 12.8 Å². The van der Waals surface area contributed by atoms with Gasteiger partial charge in [0.15, 0.2) is 11.5 Å². The molecule has 0 atom stereocenters. The third kappa shape index (κ3) is 2.80. The number of hydrogen-bond acceptors (Lipinski definition) is 6. The summed E-state index contributed by atoms with van der Waals surface area (Å²) in [5, 5.41) is 19.4. The summed E-state index contributed by atoms with van der Waals surface area (Å²) in [7, 11) is 1.83. The van der Waals surface area contributed by atoms with E-state index in [9.17, 15) is 4.79 Å². The molecule has 1 amide bonds. The van der Waals surface area contributed by atoms with Crippen LogP contribution in [0.3, 0.4) is 0 Å². The zero-order chi connectivity index (χ0) is 16.5. The molecule has 0 spiro atoms. The molecule has 4 heterocycles. The van der Waals surface area contributed by atoms with E-state index in [2.05, 4.69) is 30.6 Å². The van der Waals surface area contributed by atoms with Crippen molar-refractivity contribution in [1.82, 2.24) is 29.6 Å². The molecule has 4 rings (SSSR count). The second kappa shape index (κ2) is 5.91. The monoisotopic (exact) mass is 326 g/mol. The molecule has 1 N–H and O–H groups in total. The Morgan fingerprint density at radius 2 is 2.04 bits per heavy atom. The summed E-state index contributed by atoms with van der Waals surface area (Å²) in [5.74, 6) is 1.52. The van der Waals surface area contributed by atoms with Crippen LogP contribution < -0.4 is 10.2 Å². The van der Waals surface area contributed by atoms with Gasteiger partial charge in [-0.15, -0.1) is 15.3 Å². The number of nitrogens with zero attached hydrogens (tertiary/aromatic N) is 7. The standard InChI is InChI=1S/C15H18N8O/c1-21-7-6-12(19-21)17-15(24)11-4-8-22(9-5-11)14-3-2-13-18-16-10-23(13)20-14/h2-3,6-7,10-11H,4-5,8-9H2,1H3,(H,17,19,24). The van der Waals surface area contributed by atoms with E-state index in [-0.39, 0.29) is 11.8 Å². The number of carbonyl (C=O) groups is 1. The normalized spacial score (nSPS) is 15.8. The zero-order valence-corrected chi connectivity index (χ0v) is 13.3. The van der Waals surface area contributed by atoms with Crippen molar-refractivity contribution in [3.05, 3.63) is 30.7 Å². The topological polar surface area (TPSA) is 93.2 Å². The Morgan fingerprint density at radius 3 is 2.79 bits per heavy atom. The minimum atomic E-state index is 0.00176. The maximum absolute atomic E-state index is 12.3. The molecule has 3 aromatic heterocycles. The minimum Gasteiger partial charge on any atom is -0.355 e. The van der Waals surface area contributed by atoms with E-state index in [4.69, 9.17) is 0 Å². The highest BCUT2D eigenvalue weighted by Gasteiger charge is 2.26. The Morgan fingerprint density at radius 1 is 1.21 bits per heavy atom. The summed E-state index contributed by atoms with van der Waals surface area (Å²) < 4.78 is 3.33. The molecular weight excluding hydrogens is 308 g/mol. The highest BCUT2D eigenvalue weighted by molar-refractivity contribution is 5.91. The molecule has 0 unspecified atom stereocenters. The predicted molar refractivity (Wildman–Crippen MR) is 87.6 cm³/mol. The van der Waals surface area contributed by atoms with Crippen LogP contribution in [0.25, 0.3) is 5.65 Å². The molecule has 24 heavy (non-hydrogen) atoms. The van der Waals surface area contributed by atoms with E-state index < -0.39 is 0 Å². The van der Waals surface area contributed by atoms with Crippen LogP contribution >= 0.6 is 0 Å². The van der Waals surface area contributed by atoms with Crippen LogP contribution in [-0.4, -0.2) is 48.6 Å². The van der Waals surface area contributed by atoms with Crippen LogP contribution in [-0.2, 0) is 11.8 Å². The Kier molecular flexibility index (Phi) is 3.60. The van der Waals surface area contributed by atoms with Crippen molar-refractivity contribution in [2.75, 3.05) is 23.3 Å². The summed E-state index contributed by atoms with van der Waals surface area (Å²) >= 11 is 0. The van der Waals surface area contributed by atoms with Crippen LogP contribution in [0.15, 0.2) is 30.7 Å². The average Bonchev–Trinajstić information content (AvgIpc) is 3.23. The molecule has 124 valence electrons. The van der Waals surface area contributed by atoms with Gasteiger partial charge >= 0.3 is 0 Å². The number of amides is 1. The highest BCUT2D eigenvalue weighted by Crippen LogP contribution is 2.23. The van der Waals surface area contributed by atoms with Crippen molar-refractivity contribution in [3.8, 4) is 0 Å². The van der Waals surface area contributed by atoms with E-state index in [1.165, 1.54) is 0 Å². The number of rotatable bonds is 3. The van der Waals surface area contributed by atoms with E-state index >= 15 is 0 Å². The molecule has 1 saturated heterocycles. The number of hydrogen-bond donors (Lipinski definition) is 1. The molecule has 1 aliphatic rings. The fraction of sp³-hybridized carbons (Fsp3) is 0.400. The van der Waals surface area contributed by atoms with Gasteiger partial charge < -0.3 is 10.2 Å². The molecule has 1 fully saturated rings. The molecule has 0 aliphatic carbocycles. The molecule has 0 radical (unpaired) electrons. The average molecular weight is 326 g/mol. The maximum Gasteiger partial charge on any atom is 0.228 e. The third-order valence-electron chi connectivity index (χ3n) is 4.30. The fourth-order valence-corrected chi connectivity index (χ4v) is 2.97. The largest absolute Gasteiger partial charge is 0.355 e. The summed E-state index contributed by atoms with van der Waals surface area (Å²) in [6, 6.07) is 5.64. The van der Waals surface area contributed by atoms with Crippen molar-refractivity contribution >= 4 is 23.2 Å². The first-order chi connectivity index (χ1) is 11.7. The lowest BCUT2D eigenvalue weighted by Crippen LogP contribution is -2.38. The lowest BCUT2D eigenvalue weighted by molar-refractivity contribution is -0.120. The maximum atomic E-state index is 12.3. The van der Waals surface area contributed by atoms with Crippen LogP contribution in [0, 0.1) is 5.92 Å². The second-order valence-electron chi connectivity index (χ2n) is 5.95. The Hall–Kier alpha value is -2.97. The van der Waals surface area contributed by atoms with Gasteiger partial charge in [-0.3, -0.25) is 9.48 Å². The van der Waals surface area contributed by atoms with Crippen molar-refractivity contribution < 1.29 is 4.79 Å². The van der Waals surface area contributed by atoms with Crippen LogP contribution in [0.5, 0.6) is 0 Å². The smallest absolute Gasteiger partial charge is 0.228 e. The first-order valence-electron chi connectivity index (χ1n) is 7.91. The van der Waals surface area contributed by atoms with E-state index in [0.717, 1.165) is 37.4 Å². The Bertz CT molecular complexity index is 861. The molecular formula is C15H18N8O. The highest BCUT2D eigenvalue weighted by atomic mass is 16.2.